The molecule has 1 rings (SSSR count). The van der Waals surface area contributed by atoms with Gasteiger partial charge in [-0.15, -0.1) is 0 Å². The molecular weight excluding hydrogens is 198 g/mol. The molecule has 0 heterocycles. The van der Waals surface area contributed by atoms with Gasteiger partial charge in [-0.3, -0.25) is 19.3 Å². The molecule has 0 bridgehead atoms. The predicted molar refractivity (Wildman–Crippen MR) is 52.6 cm³/mol. The van der Waals surface area contributed by atoms with E-state index in [2.05, 4.69) is 0 Å². The molecule has 0 aromatic rings. The summed E-state index contributed by atoms with van der Waals surface area (Å²) in [5, 5.41) is 0. The number of ketones is 1. The summed E-state index contributed by atoms with van der Waals surface area (Å²) in [6.45, 7) is -0.140. The Morgan fingerprint density at radius 3 is 1.80 bits per heavy atom. The van der Waals surface area contributed by atoms with Crippen molar-refractivity contribution in [2.24, 2.45) is 17.4 Å². The van der Waals surface area contributed by atoms with Crippen LogP contribution < -0.4 is 11.5 Å². The van der Waals surface area contributed by atoms with Crippen LogP contribution in [-0.2, 0) is 14.4 Å². The minimum atomic E-state index is -0.570. The van der Waals surface area contributed by atoms with Gasteiger partial charge in [0.2, 0.25) is 11.8 Å². The lowest BCUT2D eigenvalue weighted by molar-refractivity contribution is -0.125. The summed E-state index contributed by atoms with van der Waals surface area (Å²) in [5.41, 5.74) is 9.99. The van der Waals surface area contributed by atoms with Gasteiger partial charge in [0.15, 0.2) is 0 Å². The fraction of sp³-hybridized carbons (Fsp3) is 0.667. The van der Waals surface area contributed by atoms with E-state index in [1.807, 2.05) is 0 Å². The lowest BCUT2D eigenvalue weighted by Gasteiger charge is -2.17. The van der Waals surface area contributed by atoms with Crippen molar-refractivity contribution < 1.29 is 14.4 Å². The van der Waals surface area contributed by atoms with E-state index in [4.69, 9.17) is 11.5 Å². The van der Waals surface area contributed by atoms with Crippen LogP contribution in [0.5, 0.6) is 0 Å². The van der Waals surface area contributed by atoms with Crippen LogP contribution in [0.25, 0.3) is 0 Å². The molecule has 4 N–H and O–H groups in total. The third kappa shape index (κ3) is 4.55. The molecule has 0 aliphatic heterocycles. The van der Waals surface area contributed by atoms with Crippen LogP contribution in [0.2, 0.25) is 0 Å². The third-order valence-corrected chi connectivity index (χ3v) is 2.17. The maximum absolute atomic E-state index is 11.4. The molecule has 84 valence electrons. The van der Waals surface area contributed by atoms with Crippen molar-refractivity contribution >= 4 is 17.6 Å². The normalized spacial score (nSPS) is 15.3. The van der Waals surface area contributed by atoms with Crippen molar-refractivity contribution in [1.82, 2.24) is 4.90 Å². The SMILES string of the molecule is NC(=O)CN(CC(N)=O)CC(=O)C1CC1. The van der Waals surface area contributed by atoms with E-state index in [0.717, 1.165) is 12.8 Å². The number of amides is 2. The van der Waals surface area contributed by atoms with Gasteiger partial charge in [-0.1, -0.05) is 0 Å². The quantitative estimate of drug-likeness (QED) is 0.522. The first-order chi connectivity index (χ1) is 6.99. The molecule has 0 spiro atoms. The van der Waals surface area contributed by atoms with E-state index < -0.39 is 11.8 Å². The second-order valence-corrected chi connectivity index (χ2v) is 3.82. The zero-order chi connectivity index (χ0) is 11.4. The lowest BCUT2D eigenvalue weighted by Crippen LogP contribution is -2.42. The highest BCUT2D eigenvalue weighted by molar-refractivity contribution is 5.86. The maximum atomic E-state index is 11.4. The molecule has 6 heteroatoms. The fourth-order valence-electron chi connectivity index (χ4n) is 1.36. The Morgan fingerprint density at radius 2 is 1.47 bits per heavy atom. The topological polar surface area (TPSA) is 106 Å². The standard InChI is InChI=1S/C9H15N3O3/c10-8(14)4-12(5-9(11)15)3-7(13)6-1-2-6/h6H,1-5H2,(H2,10,14)(H2,11,15). The van der Waals surface area contributed by atoms with Crippen LogP contribution in [-0.4, -0.2) is 42.1 Å². The molecule has 0 aromatic carbocycles. The van der Waals surface area contributed by atoms with Gasteiger partial charge in [-0.25, -0.2) is 0 Å². The maximum Gasteiger partial charge on any atom is 0.231 e. The molecular formula is C9H15N3O3. The monoisotopic (exact) mass is 213 g/mol. The second-order valence-electron chi connectivity index (χ2n) is 3.82. The van der Waals surface area contributed by atoms with Crippen LogP contribution in [0.1, 0.15) is 12.8 Å². The molecule has 0 saturated heterocycles. The molecule has 0 unspecified atom stereocenters. The van der Waals surface area contributed by atoms with Crippen LogP contribution in [0, 0.1) is 5.92 Å². The van der Waals surface area contributed by atoms with Gasteiger partial charge >= 0.3 is 0 Å². The van der Waals surface area contributed by atoms with E-state index in [9.17, 15) is 14.4 Å². The molecule has 0 radical (unpaired) electrons. The second kappa shape index (κ2) is 4.88. The van der Waals surface area contributed by atoms with Gasteiger partial charge in [-0.2, -0.15) is 0 Å². The summed E-state index contributed by atoms with van der Waals surface area (Å²) in [4.78, 5) is 34.2. The van der Waals surface area contributed by atoms with Crippen molar-refractivity contribution in [3.63, 3.8) is 0 Å². The van der Waals surface area contributed by atoms with Gasteiger partial charge in [-0.05, 0) is 12.8 Å². The molecule has 6 nitrogen and oxygen atoms in total. The van der Waals surface area contributed by atoms with Gasteiger partial charge in [0.25, 0.3) is 0 Å². The summed E-state index contributed by atoms with van der Waals surface area (Å²) < 4.78 is 0. The predicted octanol–water partition coefficient (Wildman–Crippen LogP) is -1.76. The highest BCUT2D eigenvalue weighted by Crippen LogP contribution is 2.29. The number of rotatable bonds is 7. The van der Waals surface area contributed by atoms with Crippen LogP contribution in [0.15, 0.2) is 0 Å². The number of Topliss-reactive ketones (excluding diaryl/α,β-unsaturated/α-hetero) is 1. The van der Waals surface area contributed by atoms with Crippen molar-refractivity contribution in [2.45, 2.75) is 12.8 Å². The van der Waals surface area contributed by atoms with Crippen molar-refractivity contribution in [2.75, 3.05) is 19.6 Å². The van der Waals surface area contributed by atoms with E-state index in [1.54, 1.807) is 0 Å². The average molecular weight is 213 g/mol. The Hall–Kier alpha value is -1.43. The summed E-state index contributed by atoms with van der Waals surface area (Å²) in [6, 6.07) is 0. The molecule has 15 heavy (non-hydrogen) atoms. The Kier molecular flexibility index (Phi) is 3.79. The van der Waals surface area contributed by atoms with Gasteiger partial charge in [0.05, 0.1) is 19.6 Å². The Balaban J connectivity index is 2.42. The number of carbonyl (C=O) groups is 3. The smallest absolute Gasteiger partial charge is 0.231 e. The Labute approximate surface area is 87.6 Å². The highest BCUT2D eigenvalue weighted by atomic mass is 16.2. The molecule has 1 aliphatic rings. The number of hydrogen-bond acceptors (Lipinski definition) is 4. The third-order valence-electron chi connectivity index (χ3n) is 2.17. The van der Waals surface area contributed by atoms with Crippen molar-refractivity contribution in [1.29, 1.82) is 0 Å². The Bertz CT molecular complexity index is 270. The summed E-state index contributed by atoms with van der Waals surface area (Å²) in [6.07, 6.45) is 1.81. The number of carbonyl (C=O) groups excluding carboxylic acids is 3. The van der Waals surface area contributed by atoms with E-state index in [0.29, 0.717) is 0 Å². The number of nitrogens with two attached hydrogens (primary N) is 2. The average Bonchev–Trinajstić information content (AvgIpc) is 2.81. The largest absolute Gasteiger partial charge is 0.369 e. The summed E-state index contributed by atoms with van der Waals surface area (Å²) >= 11 is 0. The van der Waals surface area contributed by atoms with E-state index in [1.165, 1.54) is 4.90 Å². The molecule has 0 atom stereocenters. The minimum absolute atomic E-state index is 0.0532. The Morgan fingerprint density at radius 1 is 1.00 bits per heavy atom. The van der Waals surface area contributed by atoms with Crippen LogP contribution in [0.4, 0.5) is 0 Å². The fourth-order valence-corrected chi connectivity index (χ4v) is 1.36. The summed E-state index contributed by atoms with van der Waals surface area (Å²) in [5.74, 6) is -0.981. The van der Waals surface area contributed by atoms with Gasteiger partial charge < -0.3 is 11.5 Å². The number of primary amides is 2. The molecule has 1 fully saturated rings. The van der Waals surface area contributed by atoms with Gasteiger partial charge in [0.1, 0.15) is 5.78 Å². The first-order valence-electron chi connectivity index (χ1n) is 4.80. The molecule has 1 saturated carbocycles. The van der Waals surface area contributed by atoms with Crippen LogP contribution >= 0.6 is 0 Å². The molecule has 2 amide bonds. The van der Waals surface area contributed by atoms with Crippen molar-refractivity contribution in [3.05, 3.63) is 0 Å². The lowest BCUT2D eigenvalue weighted by atomic mass is 10.2. The van der Waals surface area contributed by atoms with Crippen LogP contribution in [0.3, 0.4) is 0 Å². The van der Waals surface area contributed by atoms with Gasteiger partial charge in [0, 0.05) is 5.92 Å². The number of nitrogens with zero attached hydrogens (tertiary/aromatic N) is 1. The zero-order valence-electron chi connectivity index (χ0n) is 8.44. The zero-order valence-corrected chi connectivity index (χ0v) is 8.44. The molecule has 0 aromatic heterocycles. The first kappa shape index (κ1) is 11.6. The molecule has 1 aliphatic carbocycles. The van der Waals surface area contributed by atoms with E-state index >= 15 is 0 Å². The summed E-state index contributed by atoms with van der Waals surface area (Å²) in [7, 11) is 0. The first-order valence-corrected chi connectivity index (χ1v) is 4.80. The van der Waals surface area contributed by atoms with Crippen molar-refractivity contribution in [3.8, 4) is 0 Å². The number of hydrogen-bond donors (Lipinski definition) is 2. The highest BCUT2D eigenvalue weighted by Gasteiger charge is 2.30. The minimum Gasteiger partial charge on any atom is -0.369 e. The van der Waals surface area contributed by atoms with E-state index in [-0.39, 0.29) is 31.3 Å².